The Kier molecular flexibility index (Phi) is 4.93. The number of anilines is 1. The van der Waals surface area contributed by atoms with Crippen LogP contribution in [0.15, 0.2) is 42.6 Å². The number of aliphatic hydroxyl groups excluding tert-OH is 1. The van der Waals surface area contributed by atoms with Crippen molar-refractivity contribution >= 4 is 28.2 Å². The van der Waals surface area contributed by atoms with E-state index in [-0.39, 0.29) is 43.5 Å². The third kappa shape index (κ3) is 3.67. The number of ketones is 1. The Morgan fingerprint density at radius 2 is 1.97 bits per heavy atom. The van der Waals surface area contributed by atoms with Crippen LogP contribution in [0.3, 0.4) is 0 Å². The Morgan fingerprint density at radius 1 is 1.20 bits per heavy atom. The molecule has 3 heterocycles. The fraction of sp³-hybridized carbons (Fsp3) is 0.440. The first-order valence-electron chi connectivity index (χ1n) is 11.7. The van der Waals surface area contributed by atoms with Gasteiger partial charge in [0.2, 0.25) is 11.8 Å². The number of halogens is 2. The van der Waals surface area contributed by atoms with E-state index in [4.69, 9.17) is 10.1 Å². The van der Waals surface area contributed by atoms with Crippen molar-refractivity contribution in [1.82, 2.24) is 15.2 Å². The van der Waals surface area contributed by atoms with Crippen molar-refractivity contribution in [2.24, 2.45) is 5.92 Å². The van der Waals surface area contributed by atoms with Crippen molar-refractivity contribution in [2.75, 3.05) is 11.4 Å². The van der Waals surface area contributed by atoms with Gasteiger partial charge in [0.1, 0.15) is 17.8 Å². The molecule has 0 bridgehead atoms. The van der Waals surface area contributed by atoms with Crippen molar-refractivity contribution in [1.29, 1.82) is 5.41 Å². The van der Waals surface area contributed by atoms with Crippen LogP contribution in [-0.2, 0) is 10.2 Å². The van der Waals surface area contributed by atoms with E-state index < -0.39 is 23.3 Å². The predicted molar refractivity (Wildman–Crippen MR) is 124 cm³/mol. The quantitative estimate of drug-likeness (QED) is 0.444. The van der Waals surface area contributed by atoms with Gasteiger partial charge in [0, 0.05) is 30.0 Å². The minimum atomic E-state index is -2.67. The van der Waals surface area contributed by atoms with E-state index >= 15 is 0 Å². The zero-order valence-corrected chi connectivity index (χ0v) is 18.9. The summed E-state index contributed by atoms with van der Waals surface area (Å²) in [6, 6.07) is 11.2. The number of hydrogen-bond acceptors (Lipinski definition) is 7. The molecule has 182 valence electrons. The zero-order valence-electron chi connectivity index (χ0n) is 18.9. The molecule has 1 aromatic carbocycles. The number of para-hydroxylation sites is 1. The molecule has 0 amide bonds. The van der Waals surface area contributed by atoms with E-state index in [9.17, 15) is 18.7 Å². The van der Waals surface area contributed by atoms with Crippen LogP contribution in [0.1, 0.15) is 37.7 Å². The summed E-state index contributed by atoms with van der Waals surface area (Å²) in [7, 11) is 0. The summed E-state index contributed by atoms with van der Waals surface area (Å²) < 4.78 is 32.3. The summed E-state index contributed by atoms with van der Waals surface area (Å²) in [4.78, 5) is 18.9. The van der Waals surface area contributed by atoms with Gasteiger partial charge >= 0.3 is 0 Å². The Bertz CT molecular complexity index is 1310. The highest BCUT2D eigenvalue weighted by atomic mass is 19.3. The maximum absolute atomic E-state index is 13.1. The van der Waals surface area contributed by atoms with Crippen LogP contribution in [0.2, 0.25) is 0 Å². The molecule has 1 aliphatic heterocycles. The Balaban J connectivity index is 1.14. The number of fused-ring (bicyclic) bond motifs is 3. The van der Waals surface area contributed by atoms with Crippen LogP contribution >= 0.6 is 0 Å². The van der Waals surface area contributed by atoms with E-state index in [0.29, 0.717) is 24.2 Å². The van der Waals surface area contributed by atoms with E-state index in [1.807, 2.05) is 30.3 Å². The predicted octanol–water partition coefficient (Wildman–Crippen LogP) is 3.60. The monoisotopic (exact) mass is 481 g/mol. The fourth-order valence-corrected chi connectivity index (χ4v) is 5.78. The lowest BCUT2D eigenvalue weighted by atomic mass is 9.62. The van der Waals surface area contributed by atoms with Gasteiger partial charge in [-0.2, -0.15) is 5.10 Å². The molecular weight excluding hydrogens is 456 g/mol. The molecule has 0 saturated heterocycles. The van der Waals surface area contributed by atoms with Gasteiger partial charge in [-0.05, 0) is 42.9 Å². The number of aromatic amines is 1. The molecule has 0 radical (unpaired) electrons. The molecule has 6 rings (SSSR count). The maximum Gasteiger partial charge on any atom is 0.248 e. The average Bonchev–Trinajstić information content (AvgIpc) is 3.34. The van der Waals surface area contributed by atoms with Crippen LogP contribution < -0.4 is 9.64 Å². The highest BCUT2D eigenvalue weighted by molar-refractivity contribution is 6.39. The molecule has 1 spiro atoms. The summed E-state index contributed by atoms with van der Waals surface area (Å²) in [5, 5.41) is 26.3. The standard InChI is InChI=1S/C25H25F2N5O3/c26-25(27)8-14(9-25)7-17(28)21(33)13-32-20-4-2-1-3-16(20)24(23(32)34)10-15(11-24)35-22-6-5-18-19(30-22)12-29-31-18/h1-6,12,14-15,23,28,34H,7-11,13H2,(H,29,31). The molecule has 2 saturated carbocycles. The smallest absolute Gasteiger partial charge is 0.248 e. The van der Waals surface area contributed by atoms with Gasteiger partial charge in [-0.3, -0.25) is 9.89 Å². The second-order valence-electron chi connectivity index (χ2n) is 10.0. The number of H-pyrrole nitrogens is 1. The first kappa shape index (κ1) is 22.1. The SMILES string of the molecule is N=C(CC1CC(F)(F)C1)C(=O)CN1c2ccccc2C2(CC(Oc3ccc4[nH]ncc4n3)C2)C1O. The van der Waals surface area contributed by atoms with Gasteiger partial charge < -0.3 is 20.2 Å². The molecule has 35 heavy (non-hydrogen) atoms. The highest BCUT2D eigenvalue weighted by Gasteiger charge is 2.59. The molecule has 2 aromatic heterocycles. The molecule has 1 atom stereocenters. The number of nitrogens with one attached hydrogen (secondary N) is 2. The minimum absolute atomic E-state index is 0.0507. The summed E-state index contributed by atoms with van der Waals surface area (Å²) in [5.41, 5.74) is 2.49. The van der Waals surface area contributed by atoms with E-state index in [1.165, 1.54) is 0 Å². The largest absolute Gasteiger partial charge is 0.474 e. The molecule has 3 aliphatic rings. The Hall–Kier alpha value is -3.40. The molecule has 1 unspecified atom stereocenters. The zero-order chi connectivity index (χ0) is 24.4. The maximum atomic E-state index is 13.1. The summed E-state index contributed by atoms with van der Waals surface area (Å²) >= 11 is 0. The number of aliphatic hydroxyl groups is 1. The number of aromatic nitrogens is 3. The van der Waals surface area contributed by atoms with E-state index in [0.717, 1.165) is 16.8 Å². The minimum Gasteiger partial charge on any atom is -0.474 e. The van der Waals surface area contributed by atoms with Crippen molar-refractivity contribution in [2.45, 2.75) is 55.8 Å². The topological polar surface area (TPSA) is 115 Å². The number of ether oxygens (including phenoxy) is 1. The lowest BCUT2D eigenvalue weighted by molar-refractivity contribution is -0.115. The molecular formula is C25H25F2N5O3. The van der Waals surface area contributed by atoms with Crippen LogP contribution in [0.4, 0.5) is 14.5 Å². The number of benzene rings is 1. The molecule has 3 N–H and O–H groups in total. The van der Waals surface area contributed by atoms with Crippen molar-refractivity contribution in [3.8, 4) is 5.88 Å². The number of carbonyl (C=O) groups excluding carboxylic acids is 1. The van der Waals surface area contributed by atoms with Gasteiger partial charge in [-0.1, -0.05) is 18.2 Å². The lowest BCUT2D eigenvalue weighted by Gasteiger charge is -2.47. The van der Waals surface area contributed by atoms with Crippen molar-refractivity contribution < 1.29 is 23.4 Å². The second-order valence-corrected chi connectivity index (χ2v) is 10.0. The van der Waals surface area contributed by atoms with Crippen LogP contribution in [0, 0.1) is 11.3 Å². The summed E-state index contributed by atoms with van der Waals surface area (Å²) in [6.07, 6.45) is 1.14. The lowest BCUT2D eigenvalue weighted by Crippen LogP contribution is -2.57. The Morgan fingerprint density at radius 3 is 2.74 bits per heavy atom. The van der Waals surface area contributed by atoms with Gasteiger partial charge in [0.15, 0.2) is 5.78 Å². The molecule has 8 nitrogen and oxygen atoms in total. The van der Waals surface area contributed by atoms with E-state index in [2.05, 4.69) is 15.2 Å². The van der Waals surface area contributed by atoms with Gasteiger partial charge in [-0.15, -0.1) is 0 Å². The first-order valence-corrected chi connectivity index (χ1v) is 11.7. The second kappa shape index (κ2) is 7.81. The number of hydrogen-bond donors (Lipinski definition) is 3. The van der Waals surface area contributed by atoms with Crippen LogP contribution in [-0.4, -0.2) is 56.6 Å². The first-order chi connectivity index (χ1) is 16.7. The average molecular weight is 482 g/mol. The fourth-order valence-electron chi connectivity index (χ4n) is 5.78. The van der Waals surface area contributed by atoms with Gasteiger partial charge in [-0.25, -0.2) is 13.8 Å². The molecule has 2 fully saturated rings. The van der Waals surface area contributed by atoms with Gasteiger partial charge in [0.25, 0.3) is 0 Å². The number of alkyl halides is 2. The number of carbonyl (C=O) groups is 1. The number of rotatable bonds is 7. The Labute approximate surface area is 199 Å². The molecule has 3 aromatic rings. The molecule has 10 heteroatoms. The summed E-state index contributed by atoms with van der Waals surface area (Å²) in [5.74, 6) is -2.96. The van der Waals surface area contributed by atoms with Crippen molar-refractivity contribution in [3.05, 3.63) is 48.2 Å². The van der Waals surface area contributed by atoms with E-state index in [1.54, 1.807) is 17.2 Å². The highest BCUT2D eigenvalue weighted by Crippen LogP contribution is 2.56. The number of pyridine rings is 1. The van der Waals surface area contributed by atoms with Gasteiger partial charge in [0.05, 0.1) is 24.0 Å². The normalized spacial score (nSPS) is 24.1. The van der Waals surface area contributed by atoms with Crippen molar-refractivity contribution in [3.63, 3.8) is 0 Å². The third-order valence-electron chi connectivity index (χ3n) is 7.60. The van der Waals surface area contributed by atoms with Crippen LogP contribution in [0.5, 0.6) is 5.88 Å². The summed E-state index contributed by atoms with van der Waals surface area (Å²) in [6.45, 7) is -0.161. The number of Topliss-reactive ketones (excluding diaryl/α,β-unsaturated/α-hetero) is 1. The van der Waals surface area contributed by atoms with Crippen LogP contribution in [0.25, 0.3) is 11.0 Å². The third-order valence-corrected chi connectivity index (χ3v) is 7.60. The number of nitrogens with zero attached hydrogens (tertiary/aromatic N) is 3. The molecule has 2 aliphatic carbocycles.